The highest BCUT2D eigenvalue weighted by molar-refractivity contribution is 4.92. The van der Waals surface area contributed by atoms with Crippen LogP contribution in [-0.4, -0.2) is 29.9 Å². The van der Waals surface area contributed by atoms with Crippen LogP contribution >= 0.6 is 0 Å². The van der Waals surface area contributed by atoms with Crippen molar-refractivity contribution in [3.63, 3.8) is 0 Å². The highest BCUT2D eigenvalue weighted by Crippen LogP contribution is 2.03. The van der Waals surface area contributed by atoms with Crippen molar-refractivity contribution in [1.82, 2.24) is 5.32 Å². The Morgan fingerprint density at radius 3 is 2.71 bits per heavy atom. The van der Waals surface area contributed by atoms with Crippen molar-refractivity contribution < 1.29 is 10.2 Å². The maximum absolute atomic E-state index is 9.35. The summed E-state index contributed by atoms with van der Waals surface area (Å²) in [6, 6.07) is 0. The SMILES string of the molecule is CCCCCC/C=C(\O)CNCCO. The number of nitrogens with one attached hydrogen (secondary N) is 1. The molecule has 0 fully saturated rings. The maximum atomic E-state index is 9.35. The quantitative estimate of drug-likeness (QED) is 0.395. The third kappa shape index (κ3) is 9.55. The lowest BCUT2D eigenvalue weighted by Crippen LogP contribution is -2.20. The number of hydrogen-bond donors (Lipinski definition) is 3. The monoisotopic (exact) mass is 201 g/mol. The number of unbranched alkanes of at least 4 members (excludes halogenated alkanes) is 4. The molecule has 0 heterocycles. The van der Waals surface area contributed by atoms with Gasteiger partial charge in [-0.3, -0.25) is 0 Å². The zero-order valence-corrected chi connectivity index (χ0v) is 9.13. The second kappa shape index (κ2) is 10.5. The number of allylic oxidation sites excluding steroid dienone is 1. The Bertz CT molecular complexity index is 146. The topological polar surface area (TPSA) is 52.5 Å². The fourth-order valence-corrected chi connectivity index (χ4v) is 1.21. The van der Waals surface area contributed by atoms with E-state index in [-0.39, 0.29) is 6.61 Å². The van der Waals surface area contributed by atoms with Gasteiger partial charge in [0.2, 0.25) is 0 Å². The Morgan fingerprint density at radius 2 is 2.07 bits per heavy atom. The van der Waals surface area contributed by atoms with Gasteiger partial charge in [-0.05, 0) is 18.9 Å². The largest absolute Gasteiger partial charge is 0.511 e. The number of hydrogen-bond acceptors (Lipinski definition) is 3. The van der Waals surface area contributed by atoms with E-state index in [1.807, 2.05) is 6.08 Å². The van der Waals surface area contributed by atoms with Crippen molar-refractivity contribution in [2.24, 2.45) is 0 Å². The van der Waals surface area contributed by atoms with Crippen LogP contribution in [0.3, 0.4) is 0 Å². The average molecular weight is 201 g/mol. The van der Waals surface area contributed by atoms with Gasteiger partial charge in [0, 0.05) is 6.54 Å². The van der Waals surface area contributed by atoms with Crippen LogP contribution in [0.1, 0.15) is 39.0 Å². The summed E-state index contributed by atoms with van der Waals surface area (Å²) in [4.78, 5) is 0. The molecular weight excluding hydrogens is 178 g/mol. The van der Waals surface area contributed by atoms with Crippen molar-refractivity contribution in [2.45, 2.75) is 39.0 Å². The van der Waals surface area contributed by atoms with E-state index in [0.29, 0.717) is 18.8 Å². The van der Waals surface area contributed by atoms with Gasteiger partial charge in [-0.1, -0.05) is 26.2 Å². The fraction of sp³-hybridized carbons (Fsp3) is 0.818. The number of aliphatic hydroxyl groups is 2. The molecule has 14 heavy (non-hydrogen) atoms. The first-order valence-corrected chi connectivity index (χ1v) is 5.50. The summed E-state index contributed by atoms with van der Waals surface area (Å²) in [5.41, 5.74) is 0. The summed E-state index contributed by atoms with van der Waals surface area (Å²) in [7, 11) is 0. The summed E-state index contributed by atoms with van der Waals surface area (Å²) in [5, 5.41) is 20.8. The molecule has 0 aliphatic rings. The van der Waals surface area contributed by atoms with Gasteiger partial charge in [-0.2, -0.15) is 0 Å². The van der Waals surface area contributed by atoms with Crippen LogP contribution in [0.4, 0.5) is 0 Å². The summed E-state index contributed by atoms with van der Waals surface area (Å²) in [6.45, 7) is 3.30. The van der Waals surface area contributed by atoms with Gasteiger partial charge in [0.1, 0.15) is 5.76 Å². The lowest BCUT2D eigenvalue weighted by molar-refractivity contribution is 0.289. The van der Waals surface area contributed by atoms with E-state index >= 15 is 0 Å². The zero-order valence-electron chi connectivity index (χ0n) is 9.13. The van der Waals surface area contributed by atoms with Crippen LogP contribution in [0.2, 0.25) is 0 Å². The van der Waals surface area contributed by atoms with Crippen molar-refractivity contribution >= 4 is 0 Å². The van der Waals surface area contributed by atoms with Gasteiger partial charge in [-0.15, -0.1) is 0 Å². The Labute approximate surface area is 86.8 Å². The molecule has 0 saturated carbocycles. The predicted molar refractivity (Wildman–Crippen MR) is 59.4 cm³/mol. The molecule has 0 aromatic carbocycles. The molecule has 0 spiro atoms. The van der Waals surface area contributed by atoms with E-state index < -0.39 is 0 Å². The minimum Gasteiger partial charge on any atom is -0.511 e. The van der Waals surface area contributed by atoms with E-state index in [1.54, 1.807) is 0 Å². The highest BCUT2D eigenvalue weighted by atomic mass is 16.3. The molecule has 0 saturated heterocycles. The van der Waals surface area contributed by atoms with Gasteiger partial charge in [0.05, 0.1) is 13.2 Å². The molecule has 0 aromatic heterocycles. The van der Waals surface area contributed by atoms with E-state index in [4.69, 9.17) is 5.11 Å². The maximum Gasteiger partial charge on any atom is 0.102 e. The molecule has 0 unspecified atom stereocenters. The van der Waals surface area contributed by atoms with Crippen molar-refractivity contribution in [3.05, 3.63) is 11.8 Å². The normalized spacial score (nSPS) is 12.0. The first kappa shape index (κ1) is 13.5. The minimum absolute atomic E-state index is 0.115. The van der Waals surface area contributed by atoms with Gasteiger partial charge in [0.25, 0.3) is 0 Å². The second-order valence-electron chi connectivity index (χ2n) is 3.45. The number of rotatable bonds is 9. The Balaban J connectivity index is 3.27. The molecule has 0 aromatic rings. The summed E-state index contributed by atoms with van der Waals surface area (Å²) < 4.78 is 0. The van der Waals surface area contributed by atoms with E-state index in [2.05, 4.69) is 12.2 Å². The van der Waals surface area contributed by atoms with Crippen LogP contribution in [0.15, 0.2) is 11.8 Å². The molecule has 3 nitrogen and oxygen atoms in total. The molecule has 84 valence electrons. The zero-order chi connectivity index (χ0) is 10.6. The Kier molecular flexibility index (Phi) is 10.1. The molecule has 0 bridgehead atoms. The summed E-state index contributed by atoms with van der Waals surface area (Å²) >= 11 is 0. The molecule has 0 atom stereocenters. The van der Waals surface area contributed by atoms with E-state index in [1.165, 1.54) is 19.3 Å². The van der Waals surface area contributed by atoms with Gasteiger partial charge >= 0.3 is 0 Å². The third-order valence-electron chi connectivity index (χ3n) is 2.03. The fourth-order valence-electron chi connectivity index (χ4n) is 1.21. The van der Waals surface area contributed by atoms with Crippen LogP contribution < -0.4 is 5.32 Å². The third-order valence-corrected chi connectivity index (χ3v) is 2.03. The van der Waals surface area contributed by atoms with Crippen molar-refractivity contribution in [1.29, 1.82) is 0 Å². The number of aliphatic hydroxyl groups excluding tert-OH is 2. The van der Waals surface area contributed by atoms with Crippen LogP contribution in [0.25, 0.3) is 0 Å². The van der Waals surface area contributed by atoms with E-state index in [9.17, 15) is 5.11 Å². The lowest BCUT2D eigenvalue weighted by atomic mass is 10.1. The lowest BCUT2D eigenvalue weighted by Gasteiger charge is -2.01. The van der Waals surface area contributed by atoms with Crippen LogP contribution in [0, 0.1) is 0 Å². The first-order chi connectivity index (χ1) is 6.81. The van der Waals surface area contributed by atoms with Crippen molar-refractivity contribution in [3.8, 4) is 0 Å². The summed E-state index contributed by atoms with van der Waals surface area (Å²) in [5.74, 6) is 0.384. The highest BCUT2D eigenvalue weighted by Gasteiger charge is 1.92. The molecule has 0 radical (unpaired) electrons. The minimum atomic E-state index is 0.115. The summed E-state index contributed by atoms with van der Waals surface area (Å²) in [6.07, 6.45) is 7.72. The Hall–Kier alpha value is -0.540. The molecule has 0 amide bonds. The predicted octanol–water partition coefficient (Wildman–Crippen LogP) is 1.98. The Morgan fingerprint density at radius 1 is 1.29 bits per heavy atom. The first-order valence-electron chi connectivity index (χ1n) is 5.50. The molecule has 0 aliphatic heterocycles. The van der Waals surface area contributed by atoms with E-state index in [0.717, 1.165) is 12.8 Å². The van der Waals surface area contributed by atoms with Crippen LogP contribution in [0.5, 0.6) is 0 Å². The van der Waals surface area contributed by atoms with Gasteiger partial charge in [-0.25, -0.2) is 0 Å². The second-order valence-corrected chi connectivity index (χ2v) is 3.45. The smallest absolute Gasteiger partial charge is 0.102 e. The van der Waals surface area contributed by atoms with Gasteiger partial charge < -0.3 is 15.5 Å². The standard InChI is InChI=1S/C11H23NO2/c1-2-3-4-5-6-7-11(14)10-12-8-9-13/h7,12-14H,2-6,8-10H2,1H3/b11-7-. The molecule has 3 N–H and O–H groups in total. The van der Waals surface area contributed by atoms with Gasteiger partial charge in [0.15, 0.2) is 0 Å². The van der Waals surface area contributed by atoms with Crippen molar-refractivity contribution in [2.75, 3.05) is 19.7 Å². The molecule has 0 aliphatic carbocycles. The molecule has 0 rings (SSSR count). The molecular formula is C11H23NO2. The van der Waals surface area contributed by atoms with Crippen LogP contribution in [-0.2, 0) is 0 Å². The average Bonchev–Trinajstić information content (AvgIpc) is 2.18. The molecule has 3 heteroatoms.